The van der Waals surface area contributed by atoms with Crippen molar-refractivity contribution in [2.45, 2.75) is 13.5 Å². The second-order valence-corrected chi connectivity index (χ2v) is 6.31. The van der Waals surface area contributed by atoms with Crippen molar-refractivity contribution in [1.82, 2.24) is 9.97 Å². The van der Waals surface area contributed by atoms with E-state index >= 15 is 0 Å². The Kier molecular flexibility index (Phi) is 6.94. The molecular weight excluding hydrogens is 385 g/mol. The molecule has 0 bridgehead atoms. The minimum absolute atomic E-state index is 0.182. The molecule has 1 amide bonds. The summed E-state index contributed by atoms with van der Waals surface area (Å²) in [6.45, 7) is 2.52. The van der Waals surface area contributed by atoms with Crippen molar-refractivity contribution in [3.8, 4) is 5.75 Å². The molecule has 7 nitrogen and oxygen atoms in total. The minimum atomic E-state index is -0.406. The second-order valence-electron chi connectivity index (χ2n) is 6.31. The molecule has 0 atom stereocenters. The Morgan fingerprint density at radius 1 is 1.23 bits per heavy atom. The molecule has 154 valence electrons. The van der Waals surface area contributed by atoms with Crippen LogP contribution in [0.15, 0.2) is 67.0 Å². The number of carbonyl (C=O) groups excluding carboxylic acids is 1. The lowest BCUT2D eigenvalue weighted by molar-refractivity contribution is 0.102. The number of anilines is 3. The number of amides is 1. The highest BCUT2D eigenvalue weighted by molar-refractivity contribution is 6.02. The van der Waals surface area contributed by atoms with Gasteiger partial charge in [0.2, 0.25) is 0 Å². The van der Waals surface area contributed by atoms with Gasteiger partial charge < -0.3 is 21.1 Å². The van der Waals surface area contributed by atoms with Crippen LogP contribution >= 0.6 is 0 Å². The standard InChI is InChI=1S/C22H22FN5O2/c1-2-3-11-30-17-7-9-20(27-14-17)22(29)28-16-6-8-18(23)15(12-16)13-26-19-5-4-10-25-21(19)24/h2-10,12,14,26H,11,13H2,1H3,(H2,24,25)(H,28,29)/b3-2+. The Morgan fingerprint density at radius 3 is 2.83 bits per heavy atom. The topological polar surface area (TPSA) is 102 Å². The van der Waals surface area contributed by atoms with E-state index in [9.17, 15) is 9.18 Å². The van der Waals surface area contributed by atoms with E-state index in [1.807, 2.05) is 19.1 Å². The van der Waals surface area contributed by atoms with Gasteiger partial charge in [-0.1, -0.05) is 12.2 Å². The number of nitrogens with zero attached hydrogens (tertiary/aromatic N) is 2. The molecule has 0 radical (unpaired) electrons. The van der Waals surface area contributed by atoms with E-state index in [2.05, 4.69) is 20.6 Å². The molecule has 3 aromatic rings. The molecular formula is C22H22FN5O2. The molecule has 8 heteroatoms. The number of rotatable bonds is 8. The fourth-order valence-electron chi connectivity index (χ4n) is 2.58. The molecule has 30 heavy (non-hydrogen) atoms. The Labute approximate surface area is 173 Å². The quantitative estimate of drug-likeness (QED) is 0.488. The van der Waals surface area contributed by atoms with Crippen LogP contribution in [0.25, 0.3) is 0 Å². The van der Waals surface area contributed by atoms with E-state index < -0.39 is 11.7 Å². The largest absolute Gasteiger partial charge is 0.488 e. The lowest BCUT2D eigenvalue weighted by Crippen LogP contribution is -2.14. The van der Waals surface area contributed by atoms with Gasteiger partial charge in [-0.3, -0.25) is 4.79 Å². The lowest BCUT2D eigenvalue weighted by Gasteiger charge is -2.11. The fourth-order valence-corrected chi connectivity index (χ4v) is 2.58. The van der Waals surface area contributed by atoms with Gasteiger partial charge in [-0.2, -0.15) is 0 Å². The first-order valence-electron chi connectivity index (χ1n) is 9.31. The molecule has 0 aliphatic heterocycles. The van der Waals surface area contributed by atoms with Gasteiger partial charge in [0.1, 0.15) is 29.7 Å². The van der Waals surface area contributed by atoms with Crippen molar-refractivity contribution in [3.63, 3.8) is 0 Å². The molecule has 0 spiro atoms. The van der Waals surface area contributed by atoms with Crippen molar-refractivity contribution in [2.75, 3.05) is 23.0 Å². The first kappa shape index (κ1) is 20.8. The zero-order valence-electron chi connectivity index (χ0n) is 16.4. The SMILES string of the molecule is C/C=C/COc1ccc(C(=O)Nc2ccc(F)c(CNc3cccnc3N)c2)nc1. The van der Waals surface area contributed by atoms with Crippen LogP contribution in [0, 0.1) is 5.82 Å². The van der Waals surface area contributed by atoms with Crippen molar-refractivity contribution in [1.29, 1.82) is 0 Å². The van der Waals surface area contributed by atoms with Crippen LogP contribution < -0.4 is 21.1 Å². The zero-order chi connectivity index (χ0) is 21.3. The van der Waals surface area contributed by atoms with Crippen molar-refractivity contribution < 1.29 is 13.9 Å². The average molecular weight is 407 g/mol. The van der Waals surface area contributed by atoms with Gasteiger partial charge in [-0.15, -0.1) is 0 Å². The number of pyridine rings is 2. The highest BCUT2D eigenvalue weighted by Gasteiger charge is 2.11. The van der Waals surface area contributed by atoms with E-state index in [4.69, 9.17) is 10.5 Å². The number of nitrogen functional groups attached to an aromatic ring is 1. The van der Waals surface area contributed by atoms with Crippen LogP contribution in [0.1, 0.15) is 23.0 Å². The molecule has 0 unspecified atom stereocenters. The maximum Gasteiger partial charge on any atom is 0.274 e. The summed E-state index contributed by atoms with van der Waals surface area (Å²) in [6, 6.07) is 11.1. The smallest absolute Gasteiger partial charge is 0.274 e. The molecule has 0 aliphatic rings. The summed E-state index contributed by atoms with van der Waals surface area (Å²) in [7, 11) is 0. The van der Waals surface area contributed by atoms with Crippen LogP contribution in [0.2, 0.25) is 0 Å². The monoisotopic (exact) mass is 407 g/mol. The summed E-state index contributed by atoms with van der Waals surface area (Å²) < 4.78 is 19.6. The third-order valence-electron chi connectivity index (χ3n) is 4.16. The normalized spacial score (nSPS) is 10.7. The van der Waals surface area contributed by atoms with Gasteiger partial charge >= 0.3 is 0 Å². The molecule has 0 fully saturated rings. The molecule has 0 saturated heterocycles. The number of hydrogen-bond acceptors (Lipinski definition) is 6. The minimum Gasteiger partial charge on any atom is -0.488 e. The summed E-state index contributed by atoms with van der Waals surface area (Å²) in [4.78, 5) is 20.5. The lowest BCUT2D eigenvalue weighted by atomic mass is 10.1. The van der Waals surface area contributed by atoms with Gasteiger partial charge in [-0.05, 0) is 49.4 Å². The number of ether oxygens (including phenoxy) is 1. The predicted octanol–water partition coefficient (Wildman–Crippen LogP) is 4.02. The van der Waals surface area contributed by atoms with E-state index in [1.54, 1.807) is 36.5 Å². The fraction of sp³-hybridized carbons (Fsp3) is 0.136. The number of aromatic nitrogens is 2. The number of nitrogens with two attached hydrogens (primary N) is 1. The van der Waals surface area contributed by atoms with Crippen LogP contribution in [0.3, 0.4) is 0 Å². The maximum atomic E-state index is 14.2. The maximum absolute atomic E-state index is 14.2. The summed E-state index contributed by atoms with van der Waals surface area (Å²) >= 11 is 0. The van der Waals surface area contributed by atoms with E-state index in [0.29, 0.717) is 35.1 Å². The highest BCUT2D eigenvalue weighted by Crippen LogP contribution is 2.20. The van der Waals surface area contributed by atoms with Crippen molar-refractivity contribution in [2.24, 2.45) is 0 Å². The predicted molar refractivity (Wildman–Crippen MR) is 115 cm³/mol. The number of allylic oxidation sites excluding steroid dienone is 1. The first-order valence-corrected chi connectivity index (χ1v) is 9.31. The van der Waals surface area contributed by atoms with E-state index in [0.717, 1.165) is 0 Å². The summed E-state index contributed by atoms with van der Waals surface area (Å²) in [6.07, 6.45) is 6.81. The number of carbonyl (C=O) groups is 1. The number of nitrogens with one attached hydrogen (secondary N) is 2. The Balaban J connectivity index is 1.64. The highest BCUT2D eigenvalue weighted by atomic mass is 19.1. The van der Waals surface area contributed by atoms with Crippen LogP contribution in [0.5, 0.6) is 5.75 Å². The van der Waals surface area contributed by atoms with Crippen LogP contribution in [-0.4, -0.2) is 22.5 Å². The zero-order valence-corrected chi connectivity index (χ0v) is 16.4. The van der Waals surface area contributed by atoms with Crippen LogP contribution in [0.4, 0.5) is 21.6 Å². The molecule has 2 aromatic heterocycles. The van der Waals surface area contributed by atoms with Gasteiger partial charge in [0.25, 0.3) is 5.91 Å². The van der Waals surface area contributed by atoms with Crippen LogP contribution in [-0.2, 0) is 6.54 Å². The Morgan fingerprint density at radius 2 is 2.10 bits per heavy atom. The third kappa shape index (κ3) is 5.54. The second kappa shape index (κ2) is 10.0. The number of halogens is 1. The average Bonchev–Trinajstić information content (AvgIpc) is 2.75. The molecule has 0 saturated carbocycles. The van der Waals surface area contributed by atoms with Gasteiger partial charge in [0.15, 0.2) is 0 Å². The molecule has 0 aliphatic carbocycles. The van der Waals surface area contributed by atoms with Gasteiger partial charge in [0.05, 0.1) is 11.9 Å². The summed E-state index contributed by atoms with van der Waals surface area (Å²) in [5.74, 6) is 0.0850. The van der Waals surface area contributed by atoms with E-state index in [-0.39, 0.29) is 12.2 Å². The Bertz CT molecular complexity index is 1040. The van der Waals surface area contributed by atoms with E-state index in [1.165, 1.54) is 18.3 Å². The molecule has 2 heterocycles. The first-order chi connectivity index (χ1) is 14.6. The molecule has 4 N–H and O–H groups in total. The van der Waals surface area contributed by atoms with Crippen molar-refractivity contribution >= 4 is 23.1 Å². The van der Waals surface area contributed by atoms with Gasteiger partial charge in [0, 0.05) is 24.0 Å². The van der Waals surface area contributed by atoms with Gasteiger partial charge in [-0.25, -0.2) is 14.4 Å². The summed E-state index contributed by atoms with van der Waals surface area (Å²) in [5, 5.41) is 5.76. The third-order valence-corrected chi connectivity index (χ3v) is 4.16. The number of benzene rings is 1. The Hall–Kier alpha value is -3.94. The molecule has 3 rings (SSSR count). The van der Waals surface area contributed by atoms with Crippen molar-refractivity contribution in [3.05, 3.63) is 84.1 Å². The number of hydrogen-bond donors (Lipinski definition) is 3. The molecule has 1 aromatic carbocycles. The summed E-state index contributed by atoms with van der Waals surface area (Å²) in [5.41, 5.74) is 7.43.